The van der Waals surface area contributed by atoms with Gasteiger partial charge in [-0.15, -0.1) is 11.3 Å². The molecule has 0 aliphatic rings. The zero-order chi connectivity index (χ0) is 10.2. The highest BCUT2D eigenvalue weighted by molar-refractivity contribution is 7.09. The molecular formula is C10H16N2OS. The van der Waals surface area contributed by atoms with Crippen LogP contribution in [0.3, 0.4) is 0 Å². The van der Waals surface area contributed by atoms with Gasteiger partial charge in [-0.3, -0.25) is 4.79 Å². The van der Waals surface area contributed by atoms with Crippen LogP contribution in [0.2, 0.25) is 0 Å². The third kappa shape index (κ3) is 4.39. The molecule has 0 aliphatic heterocycles. The monoisotopic (exact) mass is 212 g/mol. The van der Waals surface area contributed by atoms with Gasteiger partial charge in [0.25, 0.3) is 0 Å². The Kier molecular flexibility index (Phi) is 5.25. The maximum Gasteiger partial charge on any atom is 0.221 e. The van der Waals surface area contributed by atoms with Gasteiger partial charge < -0.3 is 10.6 Å². The smallest absolute Gasteiger partial charge is 0.221 e. The van der Waals surface area contributed by atoms with Crippen molar-refractivity contribution in [3.05, 3.63) is 22.4 Å². The lowest BCUT2D eigenvalue weighted by Gasteiger charge is -2.03. The van der Waals surface area contributed by atoms with Crippen molar-refractivity contribution >= 4 is 17.2 Å². The first-order valence-electron chi connectivity index (χ1n) is 4.82. The van der Waals surface area contributed by atoms with Gasteiger partial charge in [0.15, 0.2) is 0 Å². The van der Waals surface area contributed by atoms with E-state index in [4.69, 9.17) is 0 Å². The van der Waals surface area contributed by atoms with Crippen LogP contribution in [0.5, 0.6) is 0 Å². The Balaban J connectivity index is 2.02. The fraction of sp³-hybridized carbons (Fsp3) is 0.500. The molecule has 2 N–H and O–H groups in total. The minimum absolute atomic E-state index is 0.117. The van der Waals surface area contributed by atoms with Gasteiger partial charge in [-0.05, 0) is 18.4 Å². The number of rotatable bonds is 6. The Morgan fingerprint density at radius 2 is 2.43 bits per heavy atom. The summed E-state index contributed by atoms with van der Waals surface area (Å²) in [6.07, 6.45) is 0.555. The zero-order valence-electron chi connectivity index (χ0n) is 8.38. The van der Waals surface area contributed by atoms with Gasteiger partial charge in [0.2, 0.25) is 5.91 Å². The molecule has 0 fully saturated rings. The first kappa shape index (κ1) is 11.2. The van der Waals surface area contributed by atoms with E-state index in [0.29, 0.717) is 13.0 Å². The Bertz CT molecular complexity index is 259. The number of nitrogens with one attached hydrogen (secondary N) is 2. The van der Waals surface area contributed by atoms with Gasteiger partial charge in [-0.1, -0.05) is 6.07 Å². The van der Waals surface area contributed by atoms with Crippen molar-refractivity contribution in [2.75, 3.05) is 13.1 Å². The molecule has 4 heteroatoms. The third-order valence-corrected chi connectivity index (χ3v) is 2.66. The van der Waals surface area contributed by atoms with E-state index in [9.17, 15) is 4.79 Å². The average molecular weight is 212 g/mol. The van der Waals surface area contributed by atoms with Crippen LogP contribution >= 0.6 is 11.3 Å². The second-order valence-corrected chi connectivity index (χ2v) is 3.99. The molecule has 0 atom stereocenters. The fourth-order valence-corrected chi connectivity index (χ4v) is 1.79. The summed E-state index contributed by atoms with van der Waals surface area (Å²) in [5, 5.41) is 8.05. The summed E-state index contributed by atoms with van der Waals surface area (Å²) in [4.78, 5) is 12.4. The van der Waals surface area contributed by atoms with E-state index >= 15 is 0 Å². The molecule has 0 radical (unpaired) electrons. The normalized spacial score (nSPS) is 10.1. The lowest BCUT2D eigenvalue weighted by molar-refractivity contribution is -0.120. The number of amides is 1. The molecule has 1 aromatic heterocycles. The summed E-state index contributed by atoms with van der Waals surface area (Å²) in [6, 6.07) is 4.12. The van der Waals surface area contributed by atoms with E-state index < -0.39 is 0 Å². The largest absolute Gasteiger partial charge is 0.356 e. The van der Waals surface area contributed by atoms with Crippen molar-refractivity contribution in [1.82, 2.24) is 10.6 Å². The Morgan fingerprint density at radius 1 is 1.57 bits per heavy atom. The van der Waals surface area contributed by atoms with E-state index in [-0.39, 0.29) is 5.91 Å². The first-order chi connectivity index (χ1) is 6.83. The number of carbonyl (C=O) groups excluding carboxylic acids is 1. The molecule has 0 unspecified atom stereocenters. The molecule has 0 aliphatic carbocycles. The minimum Gasteiger partial charge on any atom is -0.356 e. The van der Waals surface area contributed by atoms with Crippen LogP contribution in [0.1, 0.15) is 18.2 Å². The standard InChI is InChI=1S/C10H16N2OS/c1-2-12-10(13)5-6-11-8-9-4-3-7-14-9/h3-4,7,11H,2,5-6,8H2,1H3,(H,12,13). The summed E-state index contributed by atoms with van der Waals surface area (Å²) in [5.74, 6) is 0.117. The van der Waals surface area contributed by atoms with E-state index in [2.05, 4.69) is 22.1 Å². The molecule has 0 spiro atoms. The summed E-state index contributed by atoms with van der Waals surface area (Å²) in [5.41, 5.74) is 0. The second-order valence-electron chi connectivity index (χ2n) is 2.96. The zero-order valence-corrected chi connectivity index (χ0v) is 9.19. The second kappa shape index (κ2) is 6.56. The van der Waals surface area contributed by atoms with Crippen molar-refractivity contribution in [3.8, 4) is 0 Å². The summed E-state index contributed by atoms with van der Waals surface area (Å²) < 4.78 is 0. The van der Waals surface area contributed by atoms with Crippen molar-refractivity contribution in [3.63, 3.8) is 0 Å². The van der Waals surface area contributed by atoms with E-state index in [1.165, 1.54) is 4.88 Å². The highest BCUT2D eigenvalue weighted by Gasteiger charge is 1.98. The number of thiophene rings is 1. The van der Waals surface area contributed by atoms with Gasteiger partial charge in [0.05, 0.1) is 0 Å². The lowest BCUT2D eigenvalue weighted by Crippen LogP contribution is -2.27. The number of hydrogen-bond acceptors (Lipinski definition) is 3. The van der Waals surface area contributed by atoms with E-state index in [1.807, 2.05) is 13.0 Å². The van der Waals surface area contributed by atoms with E-state index in [1.54, 1.807) is 11.3 Å². The van der Waals surface area contributed by atoms with Crippen LogP contribution in [0.15, 0.2) is 17.5 Å². The van der Waals surface area contributed by atoms with Gasteiger partial charge in [-0.2, -0.15) is 0 Å². The van der Waals surface area contributed by atoms with Gasteiger partial charge in [0.1, 0.15) is 0 Å². The van der Waals surface area contributed by atoms with Gasteiger partial charge in [0, 0.05) is 30.9 Å². The number of hydrogen-bond donors (Lipinski definition) is 2. The fourth-order valence-electron chi connectivity index (χ4n) is 1.11. The minimum atomic E-state index is 0.117. The first-order valence-corrected chi connectivity index (χ1v) is 5.70. The maximum absolute atomic E-state index is 11.1. The molecule has 0 bridgehead atoms. The number of carbonyl (C=O) groups is 1. The van der Waals surface area contributed by atoms with Crippen LogP contribution in [0.25, 0.3) is 0 Å². The molecule has 1 heterocycles. The Morgan fingerprint density at radius 3 is 3.07 bits per heavy atom. The summed E-state index contributed by atoms with van der Waals surface area (Å²) in [7, 11) is 0. The molecule has 0 saturated heterocycles. The third-order valence-electron chi connectivity index (χ3n) is 1.78. The molecule has 3 nitrogen and oxygen atoms in total. The Labute approximate surface area is 88.5 Å². The molecular weight excluding hydrogens is 196 g/mol. The predicted octanol–water partition coefficient (Wildman–Crippen LogP) is 1.36. The van der Waals surface area contributed by atoms with Crippen molar-refractivity contribution in [1.29, 1.82) is 0 Å². The molecule has 1 amide bonds. The molecule has 1 rings (SSSR count). The van der Waals surface area contributed by atoms with Crippen LogP contribution < -0.4 is 10.6 Å². The summed E-state index contributed by atoms with van der Waals surface area (Å²) >= 11 is 1.73. The van der Waals surface area contributed by atoms with Gasteiger partial charge in [-0.25, -0.2) is 0 Å². The SMILES string of the molecule is CCNC(=O)CCNCc1cccs1. The predicted molar refractivity (Wildman–Crippen MR) is 59.3 cm³/mol. The molecule has 0 aromatic carbocycles. The average Bonchev–Trinajstić information content (AvgIpc) is 2.65. The van der Waals surface area contributed by atoms with Crippen molar-refractivity contribution in [2.45, 2.75) is 19.9 Å². The maximum atomic E-state index is 11.1. The highest BCUT2D eigenvalue weighted by Crippen LogP contribution is 2.06. The van der Waals surface area contributed by atoms with Crippen LogP contribution in [-0.4, -0.2) is 19.0 Å². The summed E-state index contributed by atoms with van der Waals surface area (Å²) in [6.45, 7) is 4.24. The molecule has 14 heavy (non-hydrogen) atoms. The topological polar surface area (TPSA) is 41.1 Å². The lowest BCUT2D eigenvalue weighted by atomic mass is 10.4. The van der Waals surface area contributed by atoms with Crippen molar-refractivity contribution in [2.24, 2.45) is 0 Å². The molecule has 78 valence electrons. The van der Waals surface area contributed by atoms with Crippen molar-refractivity contribution < 1.29 is 4.79 Å². The Hall–Kier alpha value is -0.870. The van der Waals surface area contributed by atoms with Gasteiger partial charge >= 0.3 is 0 Å². The van der Waals surface area contributed by atoms with Crippen LogP contribution in [0.4, 0.5) is 0 Å². The van der Waals surface area contributed by atoms with Crippen LogP contribution in [-0.2, 0) is 11.3 Å². The van der Waals surface area contributed by atoms with E-state index in [0.717, 1.165) is 13.1 Å². The van der Waals surface area contributed by atoms with Crippen LogP contribution in [0, 0.1) is 0 Å². The highest BCUT2D eigenvalue weighted by atomic mass is 32.1. The molecule has 1 aromatic rings. The quantitative estimate of drug-likeness (QED) is 0.699. The molecule has 0 saturated carbocycles.